The molecule has 1 saturated heterocycles. The van der Waals surface area contributed by atoms with Gasteiger partial charge in [-0.05, 0) is 30.5 Å². The Morgan fingerprint density at radius 2 is 1.90 bits per heavy atom. The van der Waals surface area contributed by atoms with Crippen molar-refractivity contribution >= 4 is 33.7 Å². The van der Waals surface area contributed by atoms with Gasteiger partial charge in [0.05, 0.1) is 12.7 Å². The number of hydrogen-bond donors (Lipinski definition) is 1. The summed E-state index contributed by atoms with van der Waals surface area (Å²) in [7, 11) is -3.21. The van der Waals surface area contributed by atoms with Crippen molar-refractivity contribution in [3.63, 3.8) is 0 Å². The number of sulfonamides is 1. The smallest absolute Gasteiger partial charge is 0.322 e. The van der Waals surface area contributed by atoms with E-state index in [4.69, 9.17) is 4.42 Å². The van der Waals surface area contributed by atoms with Crippen molar-refractivity contribution in [1.29, 1.82) is 0 Å². The van der Waals surface area contributed by atoms with Crippen molar-refractivity contribution in [2.24, 2.45) is 5.92 Å². The summed E-state index contributed by atoms with van der Waals surface area (Å²) < 4.78 is 30.1. The maximum absolute atomic E-state index is 12.4. The number of anilines is 1. The lowest BCUT2D eigenvalue weighted by Crippen LogP contribution is -2.40. The average Bonchev–Trinajstić information content (AvgIpc) is 3.09. The summed E-state index contributed by atoms with van der Waals surface area (Å²) in [4.78, 5) is 13.6. The van der Waals surface area contributed by atoms with Gasteiger partial charge in [-0.1, -0.05) is 31.1 Å². The molecule has 158 valence electrons. The molecule has 0 atom stereocenters. The highest BCUT2D eigenvalue weighted by Gasteiger charge is 2.29. The normalized spacial score (nSPS) is 16.3. The van der Waals surface area contributed by atoms with Gasteiger partial charge in [-0.3, -0.25) is 10.1 Å². The van der Waals surface area contributed by atoms with Gasteiger partial charge in [-0.25, -0.2) is 12.7 Å². The second-order valence-electron chi connectivity index (χ2n) is 7.41. The summed E-state index contributed by atoms with van der Waals surface area (Å²) >= 11 is 1.80. The van der Waals surface area contributed by atoms with E-state index in [0.717, 1.165) is 5.56 Å². The van der Waals surface area contributed by atoms with E-state index >= 15 is 0 Å². The molecular weight excluding hydrogens is 412 g/mol. The molecule has 1 aromatic heterocycles. The van der Waals surface area contributed by atoms with Gasteiger partial charge < -0.3 is 4.42 Å². The summed E-state index contributed by atoms with van der Waals surface area (Å²) in [5.41, 5.74) is 1.05. The predicted octanol–water partition coefficient (Wildman–Crippen LogP) is 2.77. The van der Waals surface area contributed by atoms with Crippen LogP contribution in [0.3, 0.4) is 0 Å². The molecule has 1 aliphatic rings. The highest BCUT2D eigenvalue weighted by Crippen LogP contribution is 2.24. The number of aromatic nitrogens is 2. The molecule has 0 unspecified atom stereocenters. The Hall–Kier alpha value is -1.91. The van der Waals surface area contributed by atoms with Crippen molar-refractivity contribution < 1.29 is 17.6 Å². The largest absolute Gasteiger partial charge is 0.407 e. The summed E-state index contributed by atoms with van der Waals surface area (Å²) in [5, 5.41) is 11.1. The van der Waals surface area contributed by atoms with Gasteiger partial charge in [-0.2, -0.15) is 0 Å². The number of amides is 1. The first-order valence-corrected chi connectivity index (χ1v) is 12.3. The fourth-order valence-corrected chi connectivity index (χ4v) is 4.88. The zero-order valence-electron chi connectivity index (χ0n) is 16.8. The Balaban J connectivity index is 1.52. The minimum atomic E-state index is -3.21. The number of carbonyl (C=O) groups is 1. The number of piperidine rings is 1. The molecule has 1 aliphatic heterocycles. The van der Waals surface area contributed by atoms with E-state index in [-0.39, 0.29) is 17.8 Å². The number of thioether (sulfide) groups is 1. The highest BCUT2D eigenvalue weighted by molar-refractivity contribution is 7.99. The van der Waals surface area contributed by atoms with Gasteiger partial charge in [0.2, 0.25) is 21.8 Å². The van der Waals surface area contributed by atoms with Crippen molar-refractivity contribution in [2.45, 2.75) is 43.3 Å². The lowest BCUT2D eigenvalue weighted by atomic mass is 9.97. The second-order valence-corrected chi connectivity index (χ2v) is 11.0. The van der Waals surface area contributed by atoms with Crippen molar-refractivity contribution in [2.75, 3.05) is 24.7 Å². The topological polar surface area (TPSA) is 105 Å². The molecule has 0 spiro atoms. The molecule has 0 saturated carbocycles. The molecule has 2 heterocycles. The van der Waals surface area contributed by atoms with Crippen LogP contribution in [0.2, 0.25) is 0 Å². The third-order valence-corrected chi connectivity index (χ3v) is 6.96. The van der Waals surface area contributed by atoms with E-state index in [9.17, 15) is 13.2 Å². The van der Waals surface area contributed by atoms with Gasteiger partial charge in [-0.15, -0.1) is 16.9 Å². The lowest BCUT2D eigenvalue weighted by molar-refractivity contribution is -0.121. The van der Waals surface area contributed by atoms with Gasteiger partial charge in [0, 0.05) is 29.2 Å². The predicted molar refractivity (Wildman–Crippen MR) is 112 cm³/mol. The lowest BCUT2D eigenvalue weighted by Gasteiger charge is -2.29. The maximum Gasteiger partial charge on any atom is 0.322 e. The molecule has 10 heteroatoms. The van der Waals surface area contributed by atoms with Crippen molar-refractivity contribution in [3.05, 3.63) is 35.7 Å². The number of nitrogens with zero attached hydrogens (tertiary/aromatic N) is 3. The monoisotopic (exact) mass is 438 g/mol. The Kier molecular flexibility index (Phi) is 6.97. The average molecular weight is 439 g/mol. The third-order valence-electron chi connectivity index (χ3n) is 4.64. The molecule has 8 nitrogen and oxygen atoms in total. The van der Waals surface area contributed by atoms with Crippen LogP contribution in [-0.4, -0.2) is 53.4 Å². The van der Waals surface area contributed by atoms with Crippen LogP contribution in [0.4, 0.5) is 6.01 Å². The fraction of sp³-hybridized carbons (Fsp3) is 0.526. The summed E-state index contributed by atoms with van der Waals surface area (Å²) in [6.07, 6.45) is 2.62. The summed E-state index contributed by atoms with van der Waals surface area (Å²) in [5.74, 6) is -0.0609. The van der Waals surface area contributed by atoms with E-state index in [1.165, 1.54) is 15.5 Å². The van der Waals surface area contributed by atoms with Crippen LogP contribution < -0.4 is 5.32 Å². The van der Waals surface area contributed by atoms with Gasteiger partial charge >= 0.3 is 6.01 Å². The maximum atomic E-state index is 12.4. The van der Waals surface area contributed by atoms with Crippen LogP contribution >= 0.6 is 11.8 Å². The first-order valence-electron chi connectivity index (χ1n) is 9.54. The number of carbonyl (C=O) groups excluding carboxylic acids is 1. The van der Waals surface area contributed by atoms with Gasteiger partial charge in [0.15, 0.2) is 0 Å². The number of rotatable bonds is 7. The molecule has 0 aliphatic carbocycles. The molecule has 1 fully saturated rings. The van der Waals surface area contributed by atoms with Crippen LogP contribution in [0.25, 0.3) is 0 Å². The van der Waals surface area contributed by atoms with Gasteiger partial charge in [0.25, 0.3) is 0 Å². The standard InChI is InChI=1S/C19H26N4O4S2/c1-13(2)28-16-6-4-14(5-7-16)12-17-21-22-19(27-17)20-18(24)15-8-10-23(11-9-15)29(3,25)26/h4-7,13,15H,8-12H2,1-3H3,(H,20,22,24). The summed E-state index contributed by atoms with van der Waals surface area (Å²) in [6, 6.07) is 8.28. The van der Waals surface area contributed by atoms with Crippen molar-refractivity contribution in [3.8, 4) is 0 Å². The molecule has 0 radical (unpaired) electrons. The summed E-state index contributed by atoms with van der Waals surface area (Å²) in [6.45, 7) is 5.00. The number of benzene rings is 1. The van der Waals surface area contributed by atoms with Crippen LogP contribution in [-0.2, 0) is 21.2 Å². The SMILES string of the molecule is CC(C)Sc1ccc(Cc2nnc(NC(=O)C3CCN(S(C)(=O)=O)CC3)o2)cc1. The van der Waals surface area contributed by atoms with E-state index in [1.807, 2.05) is 12.1 Å². The third kappa shape index (κ3) is 6.28. The Morgan fingerprint density at radius 3 is 2.48 bits per heavy atom. The molecule has 1 aromatic carbocycles. The Bertz CT molecular complexity index is 933. The number of hydrogen-bond acceptors (Lipinski definition) is 7. The second kappa shape index (κ2) is 9.27. The van der Waals surface area contributed by atoms with Crippen LogP contribution in [0.15, 0.2) is 33.6 Å². The molecule has 3 rings (SSSR count). The van der Waals surface area contributed by atoms with Crippen LogP contribution in [0.5, 0.6) is 0 Å². The van der Waals surface area contributed by atoms with E-state index in [2.05, 4.69) is 41.5 Å². The Labute approximate surface area is 175 Å². The first kappa shape index (κ1) is 21.8. The highest BCUT2D eigenvalue weighted by atomic mass is 32.2. The minimum Gasteiger partial charge on any atom is -0.407 e. The molecule has 0 bridgehead atoms. The molecule has 29 heavy (non-hydrogen) atoms. The molecule has 2 aromatic rings. The zero-order chi connectivity index (χ0) is 21.0. The molecule has 1 N–H and O–H groups in total. The van der Waals surface area contributed by atoms with Crippen LogP contribution in [0.1, 0.15) is 38.1 Å². The Morgan fingerprint density at radius 1 is 1.24 bits per heavy atom. The van der Waals surface area contributed by atoms with Gasteiger partial charge in [0.1, 0.15) is 0 Å². The van der Waals surface area contributed by atoms with E-state index in [1.54, 1.807) is 11.8 Å². The zero-order valence-corrected chi connectivity index (χ0v) is 18.4. The minimum absolute atomic E-state index is 0.0718. The first-order chi connectivity index (χ1) is 13.7. The quantitative estimate of drug-likeness (QED) is 0.663. The molecule has 1 amide bonds. The van der Waals surface area contributed by atoms with E-state index < -0.39 is 10.0 Å². The van der Waals surface area contributed by atoms with Crippen LogP contribution in [0, 0.1) is 5.92 Å². The molecular formula is C19H26N4O4S2. The van der Waals surface area contributed by atoms with E-state index in [0.29, 0.717) is 43.5 Å². The number of nitrogens with one attached hydrogen (secondary N) is 1. The van der Waals surface area contributed by atoms with Crippen molar-refractivity contribution in [1.82, 2.24) is 14.5 Å². The fourth-order valence-electron chi connectivity index (χ4n) is 3.17.